The van der Waals surface area contributed by atoms with Crippen LogP contribution in [0.1, 0.15) is 31.4 Å². The van der Waals surface area contributed by atoms with Crippen LogP contribution in [-0.4, -0.2) is 54.3 Å². The number of esters is 1. The lowest BCUT2D eigenvalue weighted by molar-refractivity contribution is -0.144. The third-order valence-corrected chi connectivity index (χ3v) is 3.42. The quantitative estimate of drug-likeness (QED) is 0.696. The van der Waals surface area contributed by atoms with Gasteiger partial charge in [-0.15, -0.1) is 0 Å². The highest BCUT2D eigenvalue weighted by atomic mass is 16.5. The summed E-state index contributed by atoms with van der Waals surface area (Å²) < 4.78 is 10.5. The molecule has 1 aromatic carbocycles. The zero-order chi connectivity index (χ0) is 18.1. The Kier molecular flexibility index (Phi) is 8.26. The van der Waals surface area contributed by atoms with Crippen molar-refractivity contribution in [3.63, 3.8) is 0 Å². The van der Waals surface area contributed by atoms with Gasteiger partial charge in [-0.05, 0) is 44.9 Å². The van der Waals surface area contributed by atoms with E-state index in [1.165, 1.54) is 4.90 Å². The van der Waals surface area contributed by atoms with Crippen molar-refractivity contribution in [1.82, 2.24) is 4.90 Å². The van der Waals surface area contributed by atoms with Gasteiger partial charge in [0.1, 0.15) is 5.75 Å². The van der Waals surface area contributed by atoms with Crippen LogP contribution in [0.3, 0.4) is 0 Å². The number of aryl methyl sites for hydroxylation is 2. The van der Waals surface area contributed by atoms with E-state index in [1.54, 1.807) is 13.8 Å². The molecule has 0 bridgehead atoms. The van der Waals surface area contributed by atoms with E-state index >= 15 is 0 Å². The van der Waals surface area contributed by atoms with Crippen LogP contribution in [0.5, 0.6) is 5.75 Å². The van der Waals surface area contributed by atoms with E-state index in [0.29, 0.717) is 12.4 Å². The number of aliphatic hydroxyl groups is 1. The summed E-state index contributed by atoms with van der Waals surface area (Å²) in [6, 6.07) is 5.78. The van der Waals surface area contributed by atoms with Gasteiger partial charge in [0.25, 0.3) is 5.91 Å². The summed E-state index contributed by atoms with van der Waals surface area (Å²) in [4.78, 5) is 25.2. The molecule has 0 saturated carbocycles. The standard InChI is InChI=1S/C18H27NO5/c1-5-23-18(22)8-9-19(11-15(4)20)17(21)12-24-16-10-13(2)6-7-14(16)3/h6-7,10,15,20H,5,8-9,11-12H2,1-4H3. The molecule has 0 spiro atoms. The molecule has 1 amide bonds. The van der Waals surface area contributed by atoms with Gasteiger partial charge in [-0.25, -0.2) is 0 Å². The smallest absolute Gasteiger partial charge is 0.307 e. The number of carbonyl (C=O) groups excluding carboxylic acids is 2. The number of amides is 1. The van der Waals surface area contributed by atoms with Gasteiger partial charge in [0.15, 0.2) is 6.61 Å². The number of hydrogen-bond donors (Lipinski definition) is 1. The van der Waals surface area contributed by atoms with Crippen LogP contribution in [0.2, 0.25) is 0 Å². The van der Waals surface area contributed by atoms with Crippen LogP contribution < -0.4 is 4.74 Å². The van der Waals surface area contributed by atoms with Crippen LogP contribution >= 0.6 is 0 Å². The topological polar surface area (TPSA) is 76.1 Å². The van der Waals surface area contributed by atoms with Crippen molar-refractivity contribution in [2.45, 2.75) is 40.2 Å². The highest BCUT2D eigenvalue weighted by Gasteiger charge is 2.18. The number of carbonyl (C=O) groups is 2. The molecule has 0 aliphatic rings. The number of rotatable bonds is 9. The molecule has 0 saturated heterocycles. The molecule has 1 aromatic rings. The van der Waals surface area contributed by atoms with Gasteiger partial charge in [-0.2, -0.15) is 0 Å². The Morgan fingerprint density at radius 3 is 2.62 bits per heavy atom. The number of ether oxygens (including phenoxy) is 2. The number of aliphatic hydroxyl groups excluding tert-OH is 1. The minimum Gasteiger partial charge on any atom is -0.483 e. The van der Waals surface area contributed by atoms with Gasteiger partial charge in [0.2, 0.25) is 0 Å². The lowest BCUT2D eigenvalue weighted by Gasteiger charge is -2.24. The first-order chi connectivity index (χ1) is 11.3. The van der Waals surface area contributed by atoms with E-state index in [9.17, 15) is 14.7 Å². The van der Waals surface area contributed by atoms with Gasteiger partial charge < -0.3 is 19.5 Å². The van der Waals surface area contributed by atoms with Crippen molar-refractivity contribution in [3.05, 3.63) is 29.3 Å². The summed E-state index contributed by atoms with van der Waals surface area (Å²) in [7, 11) is 0. The van der Waals surface area contributed by atoms with E-state index in [4.69, 9.17) is 9.47 Å². The molecule has 6 nitrogen and oxygen atoms in total. The Morgan fingerprint density at radius 2 is 2.00 bits per heavy atom. The normalized spacial score (nSPS) is 11.7. The van der Waals surface area contributed by atoms with Gasteiger partial charge in [-0.1, -0.05) is 12.1 Å². The van der Waals surface area contributed by atoms with Crippen molar-refractivity contribution in [2.75, 3.05) is 26.3 Å². The Morgan fingerprint density at radius 1 is 1.29 bits per heavy atom. The minimum absolute atomic E-state index is 0.0930. The maximum atomic E-state index is 12.4. The van der Waals surface area contributed by atoms with Gasteiger partial charge in [0, 0.05) is 13.1 Å². The first-order valence-corrected chi connectivity index (χ1v) is 8.15. The highest BCUT2D eigenvalue weighted by Crippen LogP contribution is 2.19. The summed E-state index contributed by atoms with van der Waals surface area (Å²) >= 11 is 0. The van der Waals surface area contributed by atoms with Crippen molar-refractivity contribution in [3.8, 4) is 5.75 Å². The zero-order valence-corrected chi connectivity index (χ0v) is 14.9. The summed E-state index contributed by atoms with van der Waals surface area (Å²) in [6.45, 7) is 7.69. The molecule has 1 unspecified atom stereocenters. The van der Waals surface area contributed by atoms with Gasteiger partial charge >= 0.3 is 5.97 Å². The van der Waals surface area contributed by atoms with Crippen LogP contribution in [0.4, 0.5) is 0 Å². The SMILES string of the molecule is CCOC(=O)CCN(CC(C)O)C(=O)COc1cc(C)ccc1C. The molecule has 134 valence electrons. The Bertz CT molecular complexity index is 556. The van der Waals surface area contributed by atoms with Crippen molar-refractivity contribution >= 4 is 11.9 Å². The molecule has 0 aliphatic heterocycles. The van der Waals surface area contributed by atoms with E-state index in [0.717, 1.165) is 11.1 Å². The number of nitrogens with zero attached hydrogens (tertiary/aromatic N) is 1. The lowest BCUT2D eigenvalue weighted by atomic mass is 10.1. The zero-order valence-electron chi connectivity index (χ0n) is 14.9. The third-order valence-electron chi connectivity index (χ3n) is 3.42. The maximum Gasteiger partial charge on any atom is 0.307 e. The molecule has 0 aliphatic carbocycles. The van der Waals surface area contributed by atoms with Crippen LogP contribution in [-0.2, 0) is 14.3 Å². The maximum absolute atomic E-state index is 12.4. The van der Waals surface area contributed by atoms with Crippen molar-refractivity contribution in [1.29, 1.82) is 0 Å². The molecule has 6 heteroatoms. The first kappa shape index (κ1) is 20.0. The molecule has 0 heterocycles. The summed E-state index contributed by atoms with van der Waals surface area (Å²) in [6.07, 6.45) is -0.590. The molecule has 1 atom stereocenters. The fourth-order valence-corrected chi connectivity index (χ4v) is 2.19. The Labute approximate surface area is 143 Å². The second-order valence-electron chi connectivity index (χ2n) is 5.80. The average molecular weight is 337 g/mol. The average Bonchev–Trinajstić information content (AvgIpc) is 2.52. The van der Waals surface area contributed by atoms with E-state index in [-0.39, 0.29) is 38.0 Å². The lowest BCUT2D eigenvalue weighted by Crippen LogP contribution is -2.40. The fourth-order valence-electron chi connectivity index (χ4n) is 2.19. The molecule has 0 aromatic heterocycles. The molecule has 0 fully saturated rings. The summed E-state index contributed by atoms with van der Waals surface area (Å²) in [5.74, 6) is 0.0168. The highest BCUT2D eigenvalue weighted by molar-refractivity contribution is 5.78. The van der Waals surface area contributed by atoms with Gasteiger partial charge in [-0.3, -0.25) is 9.59 Å². The number of benzene rings is 1. The number of hydrogen-bond acceptors (Lipinski definition) is 5. The first-order valence-electron chi connectivity index (χ1n) is 8.15. The third kappa shape index (κ3) is 7.00. The molecule has 24 heavy (non-hydrogen) atoms. The molecular formula is C18H27NO5. The van der Waals surface area contributed by atoms with E-state index in [1.807, 2.05) is 32.0 Å². The predicted octanol–water partition coefficient (Wildman–Crippen LogP) is 1.84. The van der Waals surface area contributed by atoms with Crippen molar-refractivity contribution < 1.29 is 24.2 Å². The Hall–Kier alpha value is -2.08. The van der Waals surface area contributed by atoms with E-state index in [2.05, 4.69) is 0 Å². The second-order valence-corrected chi connectivity index (χ2v) is 5.80. The monoisotopic (exact) mass is 337 g/mol. The van der Waals surface area contributed by atoms with E-state index < -0.39 is 6.10 Å². The van der Waals surface area contributed by atoms with Crippen LogP contribution in [0.15, 0.2) is 18.2 Å². The van der Waals surface area contributed by atoms with Crippen LogP contribution in [0, 0.1) is 13.8 Å². The fraction of sp³-hybridized carbons (Fsp3) is 0.556. The van der Waals surface area contributed by atoms with Crippen LogP contribution in [0.25, 0.3) is 0 Å². The minimum atomic E-state index is -0.683. The molecule has 1 rings (SSSR count). The molecule has 0 radical (unpaired) electrons. The van der Waals surface area contributed by atoms with Crippen molar-refractivity contribution in [2.24, 2.45) is 0 Å². The van der Waals surface area contributed by atoms with Gasteiger partial charge in [0.05, 0.1) is 19.1 Å². The molecular weight excluding hydrogens is 310 g/mol. The largest absolute Gasteiger partial charge is 0.483 e. The molecule has 1 N–H and O–H groups in total. The second kappa shape index (κ2) is 9.93. The summed E-state index contributed by atoms with van der Waals surface area (Å²) in [5, 5.41) is 9.56. The summed E-state index contributed by atoms with van der Waals surface area (Å²) in [5.41, 5.74) is 1.99. The predicted molar refractivity (Wildman–Crippen MR) is 90.9 cm³/mol. The Balaban J connectivity index is 2.63.